The maximum atomic E-state index is 12.5. The molecule has 1 aromatic rings. The van der Waals surface area contributed by atoms with E-state index in [0.717, 1.165) is 6.07 Å². The molecule has 0 atom stereocenters. The third-order valence-corrected chi connectivity index (χ3v) is 1.80. The zero-order valence-corrected chi connectivity index (χ0v) is 8.62. The van der Waals surface area contributed by atoms with E-state index < -0.39 is 11.7 Å². The van der Waals surface area contributed by atoms with Crippen molar-refractivity contribution < 1.29 is 13.2 Å². The highest BCUT2D eigenvalue weighted by Gasteiger charge is 2.32. The number of rotatable bonds is 2. The molecule has 0 amide bonds. The van der Waals surface area contributed by atoms with Gasteiger partial charge in [0.2, 0.25) is 0 Å². The fraction of sp³-hybridized carbons (Fsp3) is 0.182. The first-order chi connectivity index (χ1) is 7.41. The normalized spacial score (nSPS) is 13.4. The monoisotopic (exact) mass is 228 g/mol. The van der Waals surface area contributed by atoms with Crippen LogP contribution in [0.4, 0.5) is 13.2 Å². The highest BCUT2D eigenvalue weighted by Crippen LogP contribution is 2.32. The Morgan fingerprint density at radius 2 is 1.94 bits per heavy atom. The SMILES string of the molecule is CC(N)=N/C=C/c1ccccc1C(F)(F)F. The highest BCUT2D eigenvalue weighted by atomic mass is 19.4. The van der Waals surface area contributed by atoms with Crippen molar-refractivity contribution >= 4 is 11.9 Å². The highest BCUT2D eigenvalue weighted by molar-refractivity contribution is 5.78. The molecule has 0 aliphatic carbocycles. The summed E-state index contributed by atoms with van der Waals surface area (Å²) in [4.78, 5) is 3.69. The van der Waals surface area contributed by atoms with Gasteiger partial charge in [0.1, 0.15) is 0 Å². The molecule has 0 spiro atoms. The van der Waals surface area contributed by atoms with Crippen molar-refractivity contribution in [1.29, 1.82) is 0 Å². The zero-order valence-electron chi connectivity index (χ0n) is 8.62. The van der Waals surface area contributed by atoms with Crippen molar-refractivity contribution in [2.45, 2.75) is 13.1 Å². The van der Waals surface area contributed by atoms with Gasteiger partial charge in [-0.05, 0) is 24.6 Å². The van der Waals surface area contributed by atoms with Crippen molar-refractivity contribution in [1.82, 2.24) is 0 Å². The van der Waals surface area contributed by atoms with E-state index in [1.807, 2.05) is 0 Å². The molecule has 0 heterocycles. The second-order valence-corrected chi connectivity index (χ2v) is 3.17. The lowest BCUT2D eigenvalue weighted by Gasteiger charge is -2.09. The Bertz CT molecular complexity index is 415. The van der Waals surface area contributed by atoms with E-state index in [4.69, 9.17) is 5.73 Å². The largest absolute Gasteiger partial charge is 0.416 e. The molecule has 0 aliphatic rings. The van der Waals surface area contributed by atoms with Gasteiger partial charge in [-0.2, -0.15) is 13.2 Å². The molecule has 0 aliphatic heterocycles. The van der Waals surface area contributed by atoms with Crippen LogP contribution in [0, 0.1) is 0 Å². The molecule has 0 saturated heterocycles. The minimum absolute atomic E-state index is 0.0694. The first-order valence-electron chi connectivity index (χ1n) is 4.54. The average molecular weight is 228 g/mol. The van der Waals surface area contributed by atoms with Crippen molar-refractivity contribution in [3.63, 3.8) is 0 Å². The summed E-state index contributed by atoms with van der Waals surface area (Å²) in [5.41, 5.74) is 4.64. The Kier molecular flexibility index (Phi) is 3.71. The molecule has 86 valence electrons. The standard InChI is InChI=1S/C11H11F3N2/c1-8(15)16-7-6-9-4-2-3-5-10(9)11(12,13)14/h2-7H,1H3,(H2,15,16)/b7-6+. The zero-order chi connectivity index (χ0) is 12.2. The topological polar surface area (TPSA) is 38.4 Å². The maximum absolute atomic E-state index is 12.5. The molecule has 2 nitrogen and oxygen atoms in total. The number of benzene rings is 1. The van der Waals surface area contributed by atoms with Gasteiger partial charge in [0.05, 0.1) is 11.4 Å². The van der Waals surface area contributed by atoms with Gasteiger partial charge in [-0.1, -0.05) is 18.2 Å². The van der Waals surface area contributed by atoms with Crippen LogP contribution in [0.5, 0.6) is 0 Å². The Hall–Kier alpha value is -1.78. The van der Waals surface area contributed by atoms with Crippen LogP contribution in [0.15, 0.2) is 35.5 Å². The summed E-state index contributed by atoms with van der Waals surface area (Å²) in [5, 5.41) is 0. The summed E-state index contributed by atoms with van der Waals surface area (Å²) < 4.78 is 37.6. The van der Waals surface area contributed by atoms with E-state index in [9.17, 15) is 13.2 Å². The van der Waals surface area contributed by atoms with Crippen molar-refractivity contribution in [2.75, 3.05) is 0 Å². The number of hydrogen-bond acceptors (Lipinski definition) is 1. The number of hydrogen-bond donors (Lipinski definition) is 1. The first kappa shape index (κ1) is 12.3. The number of halogens is 3. The summed E-state index contributed by atoms with van der Waals surface area (Å²) in [5.74, 6) is 0.292. The smallest absolute Gasteiger partial charge is 0.387 e. The van der Waals surface area contributed by atoms with E-state index in [-0.39, 0.29) is 5.56 Å². The van der Waals surface area contributed by atoms with Crippen LogP contribution < -0.4 is 5.73 Å². The molecule has 0 radical (unpaired) electrons. The van der Waals surface area contributed by atoms with E-state index in [1.165, 1.54) is 30.5 Å². The Balaban J connectivity index is 3.05. The molecule has 0 bridgehead atoms. The molecule has 1 rings (SSSR count). The second kappa shape index (κ2) is 4.83. The predicted molar refractivity (Wildman–Crippen MR) is 57.8 cm³/mol. The van der Waals surface area contributed by atoms with E-state index in [2.05, 4.69) is 4.99 Å². The lowest BCUT2D eigenvalue weighted by molar-refractivity contribution is -0.137. The molecule has 0 aromatic heterocycles. The predicted octanol–water partition coefficient (Wildman–Crippen LogP) is 3.05. The summed E-state index contributed by atoms with van der Waals surface area (Å²) in [6.45, 7) is 1.56. The van der Waals surface area contributed by atoms with Crippen LogP contribution in [0.25, 0.3) is 6.08 Å². The number of nitrogens with zero attached hydrogens (tertiary/aromatic N) is 1. The van der Waals surface area contributed by atoms with Gasteiger partial charge in [-0.25, -0.2) is 4.99 Å². The fourth-order valence-corrected chi connectivity index (χ4v) is 1.14. The van der Waals surface area contributed by atoms with Gasteiger partial charge in [-0.15, -0.1) is 0 Å². The van der Waals surface area contributed by atoms with Gasteiger partial charge in [0, 0.05) is 6.20 Å². The molecule has 2 N–H and O–H groups in total. The van der Waals surface area contributed by atoms with E-state index in [1.54, 1.807) is 6.92 Å². The Labute approximate surface area is 91.3 Å². The summed E-state index contributed by atoms with van der Waals surface area (Å²) >= 11 is 0. The quantitative estimate of drug-likeness (QED) is 0.613. The minimum atomic E-state index is -4.36. The second-order valence-electron chi connectivity index (χ2n) is 3.17. The first-order valence-corrected chi connectivity index (χ1v) is 4.54. The Morgan fingerprint density at radius 1 is 1.31 bits per heavy atom. The lowest BCUT2D eigenvalue weighted by atomic mass is 10.1. The van der Waals surface area contributed by atoms with E-state index in [0.29, 0.717) is 5.84 Å². The van der Waals surface area contributed by atoms with Gasteiger partial charge in [-0.3, -0.25) is 0 Å². The molecule has 0 saturated carbocycles. The van der Waals surface area contributed by atoms with Crippen LogP contribution >= 0.6 is 0 Å². The summed E-state index contributed by atoms with van der Waals surface area (Å²) in [6.07, 6.45) is -1.83. The number of alkyl halides is 3. The van der Waals surface area contributed by atoms with Gasteiger partial charge in [0.25, 0.3) is 0 Å². The number of nitrogens with two attached hydrogens (primary N) is 1. The number of aliphatic imine (C=N–C) groups is 1. The lowest BCUT2D eigenvalue weighted by Crippen LogP contribution is -2.06. The van der Waals surface area contributed by atoms with Crippen LogP contribution in [-0.4, -0.2) is 5.84 Å². The van der Waals surface area contributed by atoms with Crippen LogP contribution in [0.3, 0.4) is 0 Å². The summed E-state index contributed by atoms with van der Waals surface area (Å²) in [6, 6.07) is 5.28. The van der Waals surface area contributed by atoms with E-state index >= 15 is 0 Å². The van der Waals surface area contributed by atoms with Gasteiger partial charge in [0.15, 0.2) is 0 Å². The van der Waals surface area contributed by atoms with Crippen LogP contribution in [-0.2, 0) is 6.18 Å². The van der Waals surface area contributed by atoms with Crippen molar-refractivity contribution in [3.8, 4) is 0 Å². The molecular formula is C11H11F3N2. The summed E-state index contributed by atoms with van der Waals surface area (Å²) in [7, 11) is 0. The van der Waals surface area contributed by atoms with Gasteiger partial charge >= 0.3 is 6.18 Å². The third kappa shape index (κ3) is 3.42. The van der Waals surface area contributed by atoms with Crippen LogP contribution in [0.1, 0.15) is 18.1 Å². The van der Waals surface area contributed by atoms with Crippen LogP contribution in [0.2, 0.25) is 0 Å². The molecule has 1 aromatic carbocycles. The molecule has 0 unspecified atom stereocenters. The van der Waals surface area contributed by atoms with Gasteiger partial charge < -0.3 is 5.73 Å². The molecule has 5 heteroatoms. The molecule has 0 fully saturated rings. The third-order valence-electron chi connectivity index (χ3n) is 1.80. The average Bonchev–Trinajstić information content (AvgIpc) is 2.16. The molecule has 16 heavy (non-hydrogen) atoms. The van der Waals surface area contributed by atoms with Crippen molar-refractivity contribution in [3.05, 3.63) is 41.6 Å². The Morgan fingerprint density at radius 3 is 2.50 bits per heavy atom. The minimum Gasteiger partial charge on any atom is -0.387 e. The molecular weight excluding hydrogens is 217 g/mol. The maximum Gasteiger partial charge on any atom is 0.416 e. The number of amidine groups is 1. The fourth-order valence-electron chi connectivity index (χ4n) is 1.14. The van der Waals surface area contributed by atoms with Crippen molar-refractivity contribution in [2.24, 2.45) is 10.7 Å².